The molecule has 0 unspecified atom stereocenters. The van der Waals surface area contributed by atoms with Gasteiger partial charge in [-0.2, -0.15) is 5.26 Å². The van der Waals surface area contributed by atoms with Gasteiger partial charge in [0.05, 0.1) is 34.5 Å². The monoisotopic (exact) mass is 522 g/mol. The first-order valence-corrected chi connectivity index (χ1v) is 13.7. The maximum Gasteiger partial charge on any atom is 0.264 e. The molecule has 8 heteroatoms. The van der Waals surface area contributed by atoms with E-state index in [9.17, 15) is 13.2 Å². The molecule has 0 radical (unpaired) electrons. The van der Waals surface area contributed by atoms with Crippen molar-refractivity contribution in [1.82, 2.24) is 10.3 Å². The predicted octanol–water partition coefficient (Wildman–Crippen LogP) is 4.81. The van der Waals surface area contributed by atoms with Gasteiger partial charge in [-0.25, -0.2) is 8.42 Å². The lowest BCUT2D eigenvalue weighted by atomic mass is 9.96. The summed E-state index contributed by atoms with van der Waals surface area (Å²) in [5.74, 6) is -0.204. The smallest absolute Gasteiger partial charge is 0.264 e. The van der Waals surface area contributed by atoms with Gasteiger partial charge < -0.3 is 5.32 Å². The molecule has 5 rings (SSSR count). The van der Waals surface area contributed by atoms with Crippen molar-refractivity contribution in [2.45, 2.75) is 29.7 Å². The van der Waals surface area contributed by atoms with Crippen LogP contribution < -0.4 is 9.62 Å². The highest BCUT2D eigenvalue weighted by molar-refractivity contribution is 7.92. The summed E-state index contributed by atoms with van der Waals surface area (Å²) in [7, 11) is -3.98. The Bertz CT molecular complexity index is 1560. The van der Waals surface area contributed by atoms with Gasteiger partial charge in [-0.05, 0) is 79.1 Å². The first-order valence-electron chi connectivity index (χ1n) is 12.3. The molecule has 7 nitrogen and oxygen atoms in total. The van der Waals surface area contributed by atoms with E-state index in [0.29, 0.717) is 29.1 Å². The van der Waals surface area contributed by atoms with Crippen molar-refractivity contribution in [3.05, 3.63) is 126 Å². The normalized spacial score (nSPS) is 13.8. The first kappa shape index (κ1) is 25.2. The van der Waals surface area contributed by atoms with Crippen LogP contribution in [0.25, 0.3) is 0 Å². The van der Waals surface area contributed by atoms with Crippen LogP contribution >= 0.6 is 0 Å². The summed E-state index contributed by atoms with van der Waals surface area (Å²) < 4.78 is 28.5. The van der Waals surface area contributed by atoms with E-state index >= 15 is 0 Å². The van der Waals surface area contributed by atoms with Crippen molar-refractivity contribution in [2.75, 3.05) is 10.8 Å². The van der Waals surface area contributed by atoms with Crippen molar-refractivity contribution in [2.24, 2.45) is 0 Å². The van der Waals surface area contributed by atoms with E-state index < -0.39 is 10.0 Å². The minimum atomic E-state index is -3.98. The van der Waals surface area contributed by atoms with Gasteiger partial charge in [0.25, 0.3) is 15.9 Å². The molecular weight excluding hydrogens is 496 g/mol. The fraction of sp³-hybridized carbons (Fsp3) is 0.167. The van der Waals surface area contributed by atoms with Gasteiger partial charge in [-0.3, -0.25) is 14.1 Å². The summed E-state index contributed by atoms with van der Waals surface area (Å²) >= 11 is 0. The molecule has 1 aliphatic rings. The van der Waals surface area contributed by atoms with Crippen LogP contribution in [0, 0.1) is 11.3 Å². The molecule has 1 heterocycles. The number of nitrogens with zero attached hydrogens (tertiary/aromatic N) is 3. The SMILES string of the molecule is N#Cc1ccc(S(=O)(=O)N(Cc2ccccn2)c2ccc(C(=O)NCC3(c4ccccc4)CC3)cc2)cc1. The van der Waals surface area contributed by atoms with Gasteiger partial charge in [-0.1, -0.05) is 36.4 Å². The highest BCUT2D eigenvalue weighted by Crippen LogP contribution is 2.47. The van der Waals surface area contributed by atoms with Crippen LogP contribution in [0.15, 0.2) is 108 Å². The first-order chi connectivity index (χ1) is 18.4. The number of nitriles is 1. The summed E-state index contributed by atoms with van der Waals surface area (Å²) in [4.78, 5) is 17.3. The molecule has 1 aromatic heterocycles. The molecule has 0 atom stereocenters. The fourth-order valence-electron chi connectivity index (χ4n) is 4.42. The van der Waals surface area contributed by atoms with Crippen molar-refractivity contribution < 1.29 is 13.2 Å². The molecule has 1 N–H and O–H groups in total. The van der Waals surface area contributed by atoms with Crippen molar-refractivity contribution >= 4 is 21.6 Å². The summed E-state index contributed by atoms with van der Waals surface area (Å²) in [6.45, 7) is 0.560. The third-order valence-electron chi connectivity index (χ3n) is 6.85. The Hall–Kier alpha value is -4.48. The van der Waals surface area contributed by atoms with E-state index in [0.717, 1.165) is 12.8 Å². The van der Waals surface area contributed by atoms with Crippen LogP contribution in [0.3, 0.4) is 0 Å². The molecular formula is C30H26N4O3S. The zero-order chi connectivity index (χ0) is 26.6. The number of benzene rings is 3. The average molecular weight is 523 g/mol. The third-order valence-corrected chi connectivity index (χ3v) is 8.64. The van der Waals surface area contributed by atoms with Gasteiger partial charge in [-0.15, -0.1) is 0 Å². The molecule has 1 amide bonds. The molecule has 3 aromatic carbocycles. The van der Waals surface area contributed by atoms with Crippen LogP contribution in [0.2, 0.25) is 0 Å². The molecule has 0 aliphatic heterocycles. The van der Waals surface area contributed by atoms with E-state index in [-0.39, 0.29) is 22.8 Å². The fourth-order valence-corrected chi connectivity index (χ4v) is 5.86. The third kappa shape index (κ3) is 5.29. The number of sulfonamides is 1. The van der Waals surface area contributed by atoms with Gasteiger partial charge >= 0.3 is 0 Å². The highest BCUT2D eigenvalue weighted by Gasteiger charge is 2.44. The largest absolute Gasteiger partial charge is 0.351 e. The maximum atomic E-state index is 13.6. The summed E-state index contributed by atoms with van der Waals surface area (Å²) in [5, 5.41) is 12.1. The number of carbonyl (C=O) groups is 1. The number of carbonyl (C=O) groups excluding carboxylic acids is 1. The topological polar surface area (TPSA) is 103 Å². The minimum absolute atomic E-state index is 0.00825. The Kier molecular flexibility index (Phi) is 6.95. The number of rotatable bonds is 9. The zero-order valence-corrected chi connectivity index (χ0v) is 21.4. The Labute approximate surface area is 222 Å². The second kappa shape index (κ2) is 10.5. The standard InChI is InChI=1S/C30H26N4O3S/c31-20-23-9-15-28(16-10-23)38(36,37)34(21-26-8-4-5-19-32-26)27-13-11-24(12-14-27)29(35)33-22-30(17-18-30)25-6-2-1-3-7-25/h1-16,19H,17-18,21-22H2,(H,33,35). The molecule has 190 valence electrons. The molecule has 0 bridgehead atoms. The highest BCUT2D eigenvalue weighted by atomic mass is 32.2. The summed E-state index contributed by atoms with van der Waals surface area (Å²) in [5.41, 5.74) is 3.02. The van der Waals surface area contributed by atoms with Crippen LogP contribution in [-0.4, -0.2) is 25.9 Å². The average Bonchev–Trinajstić information content (AvgIpc) is 3.77. The second-order valence-electron chi connectivity index (χ2n) is 9.34. The molecule has 1 fully saturated rings. The van der Waals surface area contributed by atoms with E-state index in [1.807, 2.05) is 24.3 Å². The van der Waals surface area contributed by atoms with Crippen LogP contribution in [0.5, 0.6) is 0 Å². The number of pyridine rings is 1. The Morgan fingerprint density at radius 1 is 0.921 bits per heavy atom. The number of anilines is 1. The zero-order valence-electron chi connectivity index (χ0n) is 20.6. The number of hydrogen-bond donors (Lipinski definition) is 1. The Balaban J connectivity index is 1.37. The second-order valence-corrected chi connectivity index (χ2v) is 11.2. The molecule has 4 aromatic rings. The summed E-state index contributed by atoms with van der Waals surface area (Å²) in [6.07, 6.45) is 3.68. The van der Waals surface area contributed by atoms with Gasteiger partial charge in [0.1, 0.15) is 0 Å². The van der Waals surface area contributed by atoms with Crippen LogP contribution in [0.4, 0.5) is 5.69 Å². The van der Waals surface area contributed by atoms with Crippen molar-refractivity contribution in [3.63, 3.8) is 0 Å². The molecule has 1 aliphatic carbocycles. The Morgan fingerprint density at radius 3 is 2.21 bits per heavy atom. The quantitative estimate of drug-likeness (QED) is 0.340. The van der Waals surface area contributed by atoms with E-state index in [2.05, 4.69) is 22.4 Å². The number of amides is 1. The van der Waals surface area contributed by atoms with Gasteiger partial charge in [0.2, 0.25) is 0 Å². The number of nitrogens with one attached hydrogen (secondary N) is 1. The van der Waals surface area contributed by atoms with Crippen molar-refractivity contribution in [3.8, 4) is 6.07 Å². The van der Waals surface area contributed by atoms with E-state index in [4.69, 9.17) is 5.26 Å². The Morgan fingerprint density at radius 2 is 1.61 bits per heavy atom. The number of hydrogen-bond acceptors (Lipinski definition) is 5. The van der Waals surface area contributed by atoms with Crippen molar-refractivity contribution in [1.29, 1.82) is 5.26 Å². The van der Waals surface area contributed by atoms with E-state index in [1.165, 1.54) is 34.1 Å². The van der Waals surface area contributed by atoms with Crippen LogP contribution in [0.1, 0.15) is 40.0 Å². The lowest BCUT2D eigenvalue weighted by Crippen LogP contribution is -2.32. The molecule has 0 saturated heterocycles. The minimum Gasteiger partial charge on any atom is -0.351 e. The lowest BCUT2D eigenvalue weighted by molar-refractivity contribution is 0.0949. The van der Waals surface area contributed by atoms with E-state index in [1.54, 1.807) is 48.7 Å². The maximum absolute atomic E-state index is 13.6. The van der Waals surface area contributed by atoms with Crippen LogP contribution in [-0.2, 0) is 22.0 Å². The molecule has 1 saturated carbocycles. The predicted molar refractivity (Wildman–Crippen MR) is 145 cm³/mol. The lowest BCUT2D eigenvalue weighted by Gasteiger charge is -2.24. The van der Waals surface area contributed by atoms with Gasteiger partial charge in [0, 0.05) is 23.7 Å². The molecule has 38 heavy (non-hydrogen) atoms. The number of aromatic nitrogens is 1. The summed E-state index contributed by atoms with van der Waals surface area (Å²) in [6, 6.07) is 29.8. The molecule has 0 spiro atoms. The van der Waals surface area contributed by atoms with Gasteiger partial charge in [0.15, 0.2) is 0 Å².